The molecule has 4 heterocycles. The fourth-order valence-corrected chi connectivity index (χ4v) is 5.20. The van der Waals surface area contributed by atoms with Crippen molar-refractivity contribution in [2.24, 2.45) is 0 Å². The maximum Gasteiger partial charge on any atom is 0.243 e. The van der Waals surface area contributed by atoms with Crippen molar-refractivity contribution in [3.05, 3.63) is 52.9 Å². The Labute approximate surface area is 229 Å². The van der Waals surface area contributed by atoms with Gasteiger partial charge < -0.3 is 29.7 Å². The van der Waals surface area contributed by atoms with Crippen LogP contribution in [0.3, 0.4) is 0 Å². The first kappa shape index (κ1) is 26.0. The lowest BCUT2D eigenvalue weighted by Crippen LogP contribution is -2.52. The Morgan fingerprint density at radius 3 is 2.58 bits per heavy atom. The van der Waals surface area contributed by atoms with Crippen LogP contribution in [0.25, 0.3) is 11.4 Å². The highest BCUT2D eigenvalue weighted by Crippen LogP contribution is 2.50. The van der Waals surface area contributed by atoms with Gasteiger partial charge in [0.1, 0.15) is 32.9 Å². The standard InChI is InChI=1S/C25H25Cl2N7O4/c1-4-18(35)31-14-5-8-38-12-15(14)32-25-30-10-13-11-34(24-22(21(13)33-25)28-6-7-29-24)23-19(26)16(36-2)9-17(37-3)20(23)27/h4,6-7,9-10,14-15H,1,5,8,11-12H2,2-3H3,(H,31,35)(H,30,32,33)/t14-,15+/m0/s1. The van der Waals surface area contributed by atoms with Crippen LogP contribution in [0, 0.1) is 0 Å². The largest absolute Gasteiger partial charge is 0.495 e. The average Bonchev–Trinajstić information content (AvgIpc) is 2.94. The van der Waals surface area contributed by atoms with Crippen molar-refractivity contribution in [1.29, 1.82) is 0 Å². The zero-order chi connectivity index (χ0) is 26.8. The summed E-state index contributed by atoms with van der Waals surface area (Å²) in [5.41, 5.74) is 2.41. The first-order valence-electron chi connectivity index (χ1n) is 11.8. The van der Waals surface area contributed by atoms with Crippen LogP contribution in [0.5, 0.6) is 11.5 Å². The summed E-state index contributed by atoms with van der Waals surface area (Å²) >= 11 is 13.4. The fraction of sp³-hybridized carbons (Fsp3) is 0.320. The van der Waals surface area contributed by atoms with Gasteiger partial charge in [-0.2, -0.15) is 0 Å². The zero-order valence-corrected chi connectivity index (χ0v) is 22.2. The molecular formula is C25H25Cl2N7O4. The van der Waals surface area contributed by atoms with Gasteiger partial charge in [0.05, 0.1) is 45.1 Å². The van der Waals surface area contributed by atoms with Crippen molar-refractivity contribution in [3.8, 4) is 22.9 Å². The van der Waals surface area contributed by atoms with E-state index in [1.54, 1.807) is 24.7 Å². The summed E-state index contributed by atoms with van der Waals surface area (Å²) in [5.74, 6) is 1.46. The van der Waals surface area contributed by atoms with Gasteiger partial charge in [0.2, 0.25) is 11.9 Å². The molecule has 0 saturated carbocycles. The number of rotatable bonds is 7. The quantitative estimate of drug-likeness (QED) is 0.414. The van der Waals surface area contributed by atoms with Gasteiger partial charge in [-0.3, -0.25) is 4.79 Å². The van der Waals surface area contributed by atoms with Crippen molar-refractivity contribution in [1.82, 2.24) is 25.3 Å². The van der Waals surface area contributed by atoms with E-state index in [1.807, 2.05) is 4.90 Å². The van der Waals surface area contributed by atoms with E-state index in [4.69, 9.17) is 42.4 Å². The van der Waals surface area contributed by atoms with Crippen LogP contribution in [-0.4, -0.2) is 65.4 Å². The Morgan fingerprint density at radius 1 is 1.13 bits per heavy atom. The van der Waals surface area contributed by atoms with Crippen LogP contribution < -0.4 is 25.0 Å². The molecule has 2 aliphatic rings. The monoisotopic (exact) mass is 557 g/mol. The Bertz CT molecular complexity index is 1360. The van der Waals surface area contributed by atoms with E-state index in [0.29, 0.717) is 76.6 Å². The third-order valence-electron chi connectivity index (χ3n) is 6.36. The Morgan fingerprint density at radius 2 is 1.87 bits per heavy atom. The summed E-state index contributed by atoms with van der Waals surface area (Å²) < 4.78 is 16.5. The number of halogens is 2. The lowest BCUT2D eigenvalue weighted by molar-refractivity contribution is -0.117. The molecule has 0 aliphatic carbocycles. The summed E-state index contributed by atoms with van der Waals surface area (Å²) in [5, 5.41) is 6.86. The number of hydrogen-bond donors (Lipinski definition) is 2. The van der Waals surface area contributed by atoms with E-state index in [-0.39, 0.29) is 18.0 Å². The minimum absolute atomic E-state index is 0.163. The van der Waals surface area contributed by atoms with Gasteiger partial charge in [0, 0.05) is 36.8 Å². The molecule has 38 heavy (non-hydrogen) atoms. The normalized spacial score (nSPS) is 18.2. The number of hydrogen-bond acceptors (Lipinski definition) is 10. The Hall–Kier alpha value is -3.67. The van der Waals surface area contributed by atoms with Gasteiger partial charge >= 0.3 is 0 Å². The molecular weight excluding hydrogens is 533 g/mol. The molecule has 1 saturated heterocycles. The average molecular weight is 558 g/mol. The lowest BCUT2D eigenvalue weighted by Gasteiger charge is -2.33. The molecule has 1 fully saturated rings. The molecule has 1 amide bonds. The topological polar surface area (TPSA) is 124 Å². The summed E-state index contributed by atoms with van der Waals surface area (Å²) in [6, 6.07) is 1.24. The van der Waals surface area contributed by atoms with E-state index in [2.05, 4.69) is 32.2 Å². The van der Waals surface area contributed by atoms with Crippen molar-refractivity contribution >= 4 is 46.6 Å². The molecule has 0 spiro atoms. The number of benzene rings is 1. The second kappa shape index (κ2) is 11.0. The van der Waals surface area contributed by atoms with E-state index in [1.165, 1.54) is 20.3 Å². The molecule has 2 aromatic heterocycles. The Kier molecular flexibility index (Phi) is 7.50. The number of nitrogens with zero attached hydrogens (tertiary/aromatic N) is 5. The van der Waals surface area contributed by atoms with Gasteiger partial charge in [-0.1, -0.05) is 29.8 Å². The first-order chi connectivity index (χ1) is 18.4. The number of nitrogens with one attached hydrogen (secondary N) is 2. The number of fused-ring (bicyclic) bond motifs is 3. The number of aromatic nitrogens is 4. The van der Waals surface area contributed by atoms with Crippen LogP contribution in [0.15, 0.2) is 37.3 Å². The van der Waals surface area contributed by atoms with Crippen LogP contribution in [0.4, 0.5) is 17.5 Å². The lowest BCUT2D eigenvalue weighted by atomic mass is 10.0. The molecule has 0 bridgehead atoms. The van der Waals surface area contributed by atoms with Crippen LogP contribution in [0.1, 0.15) is 12.0 Å². The summed E-state index contributed by atoms with van der Waals surface area (Å²) in [6.45, 7) is 4.78. The summed E-state index contributed by atoms with van der Waals surface area (Å²) in [6.07, 6.45) is 6.79. The minimum Gasteiger partial charge on any atom is -0.495 e. The van der Waals surface area contributed by atoms with Gasteiger partial charge in [-0.25, -0.2) is 19.9 Å². The number of methoxy groups -OCH3 is 2. The number of ether oxygens (including phenoxy) is 3. The molecule has 2 N–H and O–H groups in total. The zero-order valence-electron chi connectivity index (χ0n) is 20.7. The van der Waals surface area contributed by atoms with Crippen molar-refractivity contribution in [3.63, 3.8) is 0 Å². The SMILES string of the molecule is C=CC(=O)N[C@H]1CCOC[C@H]1Nc1ncc2c(n1)-c1nccnc1N(c1c(Cl)c(OC)cc(OC)c1Cl)C2. The van der Waals surface area contributed by atoms with Crippen molar-refractivity contribution < 1.29 is 19.0 Å². The Balaban J connectivity index is 1.51. The molecule has 2 atom stereocenters. The molecule has 3 aromatic rings. The highest BCUT2D eigenvalue weighted by Gasteiger charge is 2.33. The van der Waals surface area contributed by atoms with Crippen molar-refractivity contribution in [2.75, 3.05) is 37.7 Å². The third kappa shape index (κ3) is 4.80. The second-order valence-corrected chi connectivity index (χ2v) is 9.33. The second-order valence-electron chi connectivity index (χ2n) is 8.57. The first-order valence-corrected chi connectivity index (χ1v) is 12.5. The maximum absolute atomic E-state index is 11.9. The van der Waals surface area contributed by atoms with Gasteiger partial charge in [-0.05, 0) is 12.5 Å². The number of carbonyl (C=O) groups excluding carboxylic acids is 1. The molecule has 2 aliphatic heterocycles. The van der Waals surface area contributed by atoms with E-state index in [0.717, 1.165) is 5.56 Å². The van der Waals surface area contributed by atoms with Gasteiger partial charge in [0.15, 0.2) is 5.82 Å². The molecule has 0 radical (unpaired) electrons. The predicted octanol–water partition coefficient (Wildman–Crippen LogP) is 3.78. The number of anilines is 3. The summed E-state index contributed by atoms with van der Waals surface area (Å²) in [4.78, 5) is 32.2. The molecule has 1 aromatic carbocycles. The van der Waals surface area contributed by atoms with E-state index >= 15 is 0 Å². The van der Waals surface area contributed by atoms with Gasteiger partial charge in [0.25, 0.3) is 0 Å². The van der Waals surface area contributed by atoms with Gasteiger partial charge in [-0.15, -0.1) is 0 Å². The van der Waals surface area contributed by atoms with Crippen molar-refractivity contribution in [2.45, 2.75) is 25.0 Å². The van der Waals surface area contributed by atoms with E-state index in [9.17, 15) is 4.79 Å². The fourth-order valence-electron chi connectivity index (χ4n) is 4.49. The molecule has 0 unspecified atom stereocenters. The predicted molar refractivity (Wildman–Crippen MR) is 143 cm³/mol. The minimum atomic E-state index is -0.245. The third-order valence-corrected chi connectivity index (χ3v) is 7.09. The van der Waals surface area contributed by atoms with Crippen LogP contribution in [0.2, 0.25) is 10.0 Å². The molecule has 5 rings (SSSR count). The van der Waals surface area contributed by atoms with Crippen LogP contribution >= 0.6 is 23.2 Å². The highest BCUT2D eigenvalue weighted by molar-refractivity contribution is 6.41. The smallest absolute Gasteiger partial charge is 0.243 e. The number of carbonyl (C=O) groups is 1. The summed E-state index contributed by atoms with van der Waals surface area (Å²) in [7, 11) is 3.04. The van der Waals surface area contributed by atoms with Crippen LogP contribution in [-0.2, 0) is 16.1 Å². The molecule has 13 heteroatoms. The highest BCUT2D eigenvalue weighted by atomic mass is 35.5. The molecule has 11 nitrogen and oxygen atoms in total. The molecule has 198 valence electrons. The number of amides is 1. The van der Waals surface area contributed by atoms with E-state index < -0.39 is 0 Å². The maximum atomic E-state index is 11.9.